The maximum absolute atomic E-state index is 12.7. The molecule has 0 radical (unpaired) electrons. The minimum atomic E-state index is -0.847. The second kappa shape index (κ2) is 8.96. The number of fused-ring (bicyclic) bond motifs is 1. The number of rotatable bonds is 4. The molecule has 1 aromatic rings. The van der Waals surface area contributed by atoms with E-state index in [0.717, 1.165) is 6.07 Å². The van der Waals surface area contributed by atoms with E-state index in [2.05, 4.69) is 5.32 Å². The molecule has 11 nitrogen and oxygen atoms in total. The Morgan fingerprint density at radius 3 is 2.68 bits per heavy atom. The summed E-state index contributed by atoms with van der Waals surface area (Å²) in [7, 11) is 0. The SMILES string of the molecule is CC(C)(C)OC(=O)N1CC[C@@H](CNC(=O)c2cc([N+](=O)[O-])cc3c2OCCO3)[C@H](O)C1. The molecule has 0 unspecified atom stereocenters. The van der Waals surface area contributed by atoms with Crippen molar-refractivity contribution in [3.8, 4) is 11.5 Å². The lowest BCUT2D eigenvalue weighted by Gasteiger charge is -2.36. The summed E-state index contributed by atoms with van der Waals surface area (Å²) in [5.74, 6) is -0.535. The minimum Gasteiger partial charge on any atom is -0.486 e. The van der Waals surface area contributed by atoms with Crippen molar-refractivity contribution in [2.24, 2.45) is 5.92 Å². The fraction of sp³-hybridized carbons (Fsp3) is 0.600. The Balaban J connectivity index is 1.62. The zero-order valence-electron chi connectivity index (χ0n) is 17.8. The Morgan fingerprint density at radius 1 is 1.32 bits per heavy atom. The number of benzene rings is 1. The van der Waals surface area contributed by atoms with E-state index < -0.39 is 28.6 Å². The highest BCUT2D eigenvalue weighted by atomic mass is 16.6. The van der Waals surface area contributed by atoms with Crippen LogP contribution >= 0.6 is 0 Å². The first-order chi connectivity index (χ1) is 14.5. The number of nitrogens with zero attached hydrogens (tertiary/aromatic N) is 2. The summed E-state index contributed by atoms with van der Waals surface area (Å²) in [6, 6.07) is 2.37. The topological polar surface area (TPSA) is 140 Å². The summed E-state index contributed by atoms with van der Waals surface area (Å²) in [4.78, 5) is 36.9. The summed E-state index contributed by atoms with van der Waals surface area (Å²) < 4.78 is 16.2. The summed E-state index contributed by atoms with van der Waals surface area (Å²) in [6.45, 7) is 6.39. The van der Waals surface area contributed by atoms with Gasteiger partial charge in [0, 0.05) is 25.1 Å². The number of β-amino-alcohol motifs (C(OH)–C–C–N with tert-alkyl or cyclic N) is 1. The number of hydrogen-bond donors (Lipinski definition) is 2. The Labute approximate surface area is 179 Å². The summed E-state index contributed by atoms with van der Waals surface area (Å²) in [5.41, 5.74) is -0.902. The van der Waals surface area contributed by atoms with Crippen molar-refractivity contribution in [2.75, 3.05) is 32.8 Å². The molecule has 3 rings (SSSR count). The molecule has 0 bridgehead atoms. The predicted molar refractivity (Wildman–Crippen MR) is 108 cm³/mol. The van der Waals surface area contributed by atoms with E-state index in [0.29, 0.717) is 13.0 Å². The molecule has 2 N–H and O–H groups in total. The molecular formula is C20H27N3O8. The molecule has 0 aliphatic carbocycles. The lowest BCUT2D eigenvalue weighted by atomic mass is 9.94. The number of amides is 2. The number of aliphatic hydroxyl groups is 1. The molecule has 170 valence electrons. The molecule has 2 aliphatic rings. The van der Waals surface area contributed by atoms with Gasteiger partial charge in [-0.3, -0.25) is 14.9 Å². The first-order valence-electron chi connectivity index (χ1n) is 10.1. The highest BCUT2D eigenvalue weighted by Gasteiger charge is 2.33. The third-order valence-corrected chi connectivity index (χ3v) is 4.98. The van der Waals surface area contributed by atoms with E-state index >= 15 is 0 Å². The number of ether oxygens (including phenoxy) is 3. The highest BCUT2D eigenvalue weighted by Crippen LogP contribution is 2.37. The first-order valence-corrected chi connectivity index (χ1v) is 10.1. The summed E-state index contributed by atoms with van der Waals surface area (Å²) in [6.07, 6.45) is -0.873. The average molecular weight is 437 g/mol. The molecule has 1 saturated heterocycles. The van der Waals surface area contributed by atoms with Gasteiger partial charge in [-0.05, 0) is 27.2 Å². The monoisotopic (exact) mass is 437 g/mol. The maximum atomic E-state index is 12.7. The van der Waals surface area contributed by atoms with Gasteiger partial charge in [0.1, 0.15) is 18.8 Å². The van der Waals surface area contributed by atoms with Crippen LogP contribution in [0.1, 0.15) is 37.6 Å². The zero-order chi connectivity index (χ0) is 22.8. The highest BCUT2D eigenvalue weighted by molar-refractivity contribution is 5.98. The van der Waals surface area contributed by atoms with Crippen molar-refractivity contribution in [3.05, 3.63) is 27.8 Å². The quantitative estimate of drug-likeness (QED) is 0.536. The number of nitro benzene ring substituents is 1. The van der Waals surface area contributed by atoms with E-state index in [-0.39, 0.29) is 55.0 Å². The van der Waals surface area contributed by atoms with Gasteiger partial charge in [-0.15, -0.1) is 0 Å². The average Bonchev–Trinajstić information content (AvgIpc) is 2.70. The van der Waals surface area contributed by atoms with E-state index in [9.17, 15) is 24.8 Å². The molecule has 2 aliphatic heterocycles. The number of carbonyl (C=O) groups is 2. The molecule has 0 spiro atoms. The number of piperidine rings is 1. The molecule has 31 heavy (non-hydrogen) atoms. The second-order valence-corrected chi connectivity index (χ2v) is 8.53. The van der Waals surface area contributed by atoms with Crippen LogP contribution < -0.4 is 14.8 Å². The maximum Gasteiger partial charge on any atom is 0.410 e. The Hall–Kier alpha value is -3.08. The lowest BCUT2D eigenvalue weighted by Crippen LogP contribution is -2.50. The Morgan fingerprint density at radius 2 is 2.03 bits per heavy atom. The van der Waals surface area contributed by atoms with Crippen LogP contribution in [0.15, 0.2) is 12.1 Å². The van der Waals surface area contributed by atoms with Gasteiger partial charge in [0.25, 0.3) is 11.6 Å². The van der Waals surface area contributed by atoms with Crippen molar-refractivity contribution < 1.29 is 33.8 Å². The molecular weight excluding hydrogens is 410 g/mol. The van der Waals surface area contributed by atoms with Crippen molar-refractivity contribution in [1.29, 1.82) is 0 Å². The van der Waals surface area contributed by atoms with Crippen molar-refractivity contribution >= 4 is 17.7 Å². The standard InChI is InChI=1S/C20H27N3O8/c1-20(2,3)31-19(26)22-5-4-12(15(24)11-22)10-21-18(25)14-8-13(23(27)28)9-16-17(14)30-7-6-29-16/h8-9,12,15,24H,4-7,10-11H2,1-3H3,(H,21,25)/t12-,15+/m0/s1. The Kier molecular flexibility index (Phi) is 6.54. The van der Waals surface area contributed by atoms with Crippen LogP contribution in [0.5, 0.6) is 11.5 Å². The molecule has 2 amide bonds. The van der Waals surface area contributed by atoms with Gasteiger partial charge in [0.05, 0.1) is 29.2 Å². The number of likely N-dealkylation sites (tertiary alicyclic amines) is 1. The molecule has 2 heterocycles. The number of non-ortho nitro benzene ring substituents is 1. The lowest BCUT2D eigenvalue weighted by molar-refractivity contribution is -0.385. The van der Waals surface area contributed by atoms with Gasteiger partial charge < -0.3 is 29.5 Å². The zero-order valence-corrected chi connectivity index (χ0v) is 17.8. The number of hydrogen-bond acceptors (Lipinski definition) is 8. The smallest absolute Gasteiger partial charge is 0.410 e. The molecule has 0 saturated carbocycles. The van der Waals surface area contributed by atoms with Crippen molar-refractivity contribution in [3.63, 3.8) is 0 Å². The van der Waals surface area contributed by atoms with Crippen molar-refractivity contribution in [1.82, 2.24) is 10.2 Å². The van der Waals surface area contributed by atoms with Crippen LogP contribution in [-0.4, -0.2) is 71.5 Å². The van der Waals surface area contributed by atoms with Gasteiger partial charge in [-0.25, -0.2) is 4.79 Å². The number of carbonyl (C=O) groups excluding carboxylic acids is 2. The third kappa shape index (κ3) is 5.54. The van der Waals surface area contributed by atoms with Crippen molar-refractivity contribution in [2.45, 2.75) is 38.9 Å². The van der Waals surface area contributed by atoms with E-state index in [1.807, 2.05) is 0 Å². The van der Waals surface area contributed by atoms with Crippen LogP contribution in [0, 0.1) is 16.0 Å². The first kappa shape index (κ1) is 22.6. The second-order valence-electron chi connectivity index (χ2n) is 8.53. The van der Waals surface area contributed by atoms with Crippen LogP contribution in [0.4, 0.5) is 10.5 Å². The number of nitro groups is 1. The normalized spacial score (nSPS) is 20.7. The molecule has 2 atom stereocenters. The van der Waals surface area contributed by atoms with Crippen LogP contribution in [0.25, 0.3) is 0 Å². The van der Waals surface area contributed by atoms with Gasteiger partial charge in [0.2, 0.25) is 0 Å². The largest absolute Gasteiger partial charge is 0.486 e. The van der Waals surface area contributed by atoms with Crippen LogP contribution in [0.3, 0.4) is 0 Å². The third-order valence-electron chi connectivity index (χ3n) is 4.98. The van der Waals surface area contributed by atoms with Crippen LogP contribution in [0.2, 0.25) is 0 Å². The molecule has 1 fully saturated rings. The Bertz CT molecular complexity index is 867. The van der Waals surface area contributed by atoms with E-state index in [1.165, 1.54) is 11.0 Å². The minimum absolute atomic E-state index is 0.00424. The number of nitrogens with one attached hydrogen (secondary N) is 1. The predicted octanol–water partition coefficient (Wildman–Crippen LogP) is 1.71. The van der Waals surface area contributed by atoms with E-state index in [1.54, 1.807) is 20.8 Å². The van der Waals surface area contributed by atoms with E-state index in [4.69, 9.17) is 14.2 Å². The fourth-order valence-electron chi connectivity index (χ4n) is 3.44. The van der Waals surface area contributed by atoms with Gasteiger partial charge in [-0.1, -0.05) is 0 Å². The van der Waals surface area contributed by atoms with Gasteiger partial charge >= 0.3 is 6.09 Å². The molecule has 11 heteroatoms. The molecule has 0 aromatic heterocycles. The van der Waals surface area contributed by atoms with Gasteiger partial charge in [0.15, 0.2) is 11.5 Å². The molecule has 1 aromatic carbocycles. The van der Waals surface area contributed by atoms with Crippen LogP contribution in [-0.2, 0) is 4.74 Å². The summed E-state index contributed by atoms with van der Waals surface area (Å²) in [5, 5.41) is 24.3. The fourth-order valence-corrected chi connectivity index (χ4v) is 3.44. The summed E-state index contributed by atoms with van der Waals surface area (Å²) >= 11 is 0. The number of aliphatic hydroxyl groups excluding tert-OH is 1. The van der Waals surface area contributed by atoms with Gasteiger partial charge in [-0.2, -0.15) is 0 Å².